The lowest BCUT2D eigenvalue weighted by Crippen LogP contribution is -2.45. The smallest absolute Gasteiger partial charge is 0.255 e. The number of anilines is 1. The van der Waals surface area contributed by atoms with E-state index in [1.54, 1.807) is 14.2 Å². The van der Waals surface area contributed by atoms with E-state index in [1.807, 2.05) is 56.3 Å². The van der Waals surface area contributed by atoms with Crippen LogP contribution in [0.3, 0.4) is 0 Å². The number of rotatable bonds is 5. The molecule has 0 aromatic heterocycles. The maximum Gasteiger partial charge on any atom is 0.255 e. The third-order valence-corrected chi connectivity index (χ3v) is 4.75. The van der Waals surface area contributed by atoms with Crippen molar-refractivity contribution in [2.45, 2.75) is 19.9 Å². The van der Waals surface area contributed by atoms with Crippen molar-refractivity contribution in [1.82, 2.24) is 10.6 Å². The van der Waals surface area contributed by atoms with Crippen molar-refractivity contribution < 1.29 is 14.3 Å². The topological polar surface area (TPSA) is 71.6 Å². The molecule has 1 atom stereocenters. The van der Waals surface area contributed by atoms with Crippen molar-refractivity contribution >= 4 is 28.9 Å². The van der Waals surface area contributed by atoms with Crippen molar-refractivity contribution in [3.8, 4) is 11.5 Å². The molecule has 0 radical (unpaired) electrons. The molecule has 0 saturated heterocycles. The van der Waals surface area contributed by atoms with Crippen LogP contribution in [0.1, 0.15) is 24.1 Å². The van der Waals surface area contributed by atoms with Crippen molar-refractivity contribution in [2.24, 2.45) is 0 Å². The van der Waals surface area contributed by atoms with Crippen molar-refractivity contribution in [1.29, 1.82) is 0 Å². The molecule has 1 aliphatic heterocycles. The summed E-state index contributed by atoms with van der Waals surface area (Å²) in [7, 11) is 3.15. The molecule has 0 unspecified atom stereocenters. The Balaban J connectivity index is 2.03. The number of ether oxygens (including phenoxy) is 2. The first-order chi connectivity index (χ1) is 13.4. The summed E-state index contributed by atoms with van der Waals surface area (Å²) in [5.74, 6) is 0.920. The Morgan fingerprint density at radius 2 is 1.86 bits per heavy atom. The van der Waals surface area contributed by atoms with Gasteiger partial charge in [0.25, 0.3) is 5.91 Å². The Labute approximate surface area is 169 Å². The Morgan fingerprint density at radius 1 is 1.11 bits per heavy atom. The SMILES string of the molecule is COc1cccc([C@H]2NC(=S)NC(C)=C2C(=O)Nc2cccc(C)c2)c1OC. The predicted octanol–water partition coefficient (Wildman–Crippen LogP) is 3.44. The Kier molecular flexibility index (Phi) is 5.84. The van der Waals surface area contributed by atoms with Gasteiger partial charge in [0, 0.05) is 16.9 Å². The lowest BCUT2D eigenvalue weighted by molar-refractivity contribution is -0.113. The van der Waals surface area contributed by atoms with E-state index < -0.39 is 6.04 Å². The van der Waals surface area contributed by atoms with E-state index in [-0.39, 0.29) is 5.91 Å². The molecule has 0 spiro atoms. The standard InChI is InChI=1S/C21H23N3O3S/c1-12-7-5-8-14(11-12)23-20(25)17-13(2)22-21(28)24-18(17)15-9-6-10-16(26-3)19(15)27-4/h5-11,18H,1-4H3,(H,23,25)(H2,22,24,28)/t18-/m1/s1. The van der Waals surface area contributed by atoms with Crippen molar-refractivity contribution in [3.63, 3.8) is 0 Å². The second-order valence-corrected chi connectivity index (χ2v) is 6.88. The molecule has 28 heavy (non-hydrogen) atoms. The van der Waals surface area contributed by atoms with E-state index >= 15 is 0 Å². The third kappa shape index (κ3) is 3.94. The number of para-hydroxylation sites is 1. The lowest BCUT2D eigenvalue weighted by Gasteiger charge is -2.31. The van der Waals surface area contributed by atoms with Gasteiger partial charge in [-0.05, 0) is 49.8 Å². The highest BCUT2D eigenvalue weighted by atomic mass is 32.1. The molecule has 0 aliphatic carbocycles. The van der Waals surface area contributed by atoms with E-state index in [1.165, 1.54) is 0 Å². The van der Waals surface area contributed by atoms with Gasteiger partial charge in [0.2, 0.25) is 0 Å². The first-order valence-electron chi connectivity index (χ1n) is 8.81. The number of amides is 1. The van der Waals surface area contributed by atoms with E-state index in [0.717, 1.165) is 16.8 Å². The minimum atomic E-state index is -0.483. The molecular weight excluding hydrogens is 374 g/mol. The monoisotopic (exact) mass is 397 g/mol. The van der Waals surface area contributed by atoms with Crippen LogP contribution >= 0.6 is 12.2 Å². The summed E-state index contributed by atoms with van der Waals surface area (Å²) in [6.45, 7) is 3.81. The normalized spacial score (nSPS) is 16.1. The fraction of sp³-hybridized carbons (Fsp3) is 0.238. The van der Waals surface area contributed by atoms with Crippen LogP contribution in [0.25, 0.3) is 0 Å². The summed E-state index contributed by atoms with van der Waals surface area (Å²) < 4.78 is 11.0. The number of hydrogen-bond acceptors (Lipinski definition) is 4. The molecule has 2 aromatic carbocycles. The van der Waals surface area contributed by atoms with E-state index in [4.69, 9.17) is 21.7 Å². The Hall–Kier alpha value is -3.06. The van der Waals surface area contributed by atoms with Crippen LogP contribution in [0.2, 0.25) is 0 Å². The molecule has 1 amide bonds. The van der Waals surface area contributed by atoms with Crippen molar-refractivity contribution in [2.75, 3.05) is 19.5 Å². The summed E-state index contributed by atoms with van der Waals surface area (Å²) in [6.07, 6.45) is 0. The molecular formula is C21H23N3O3S. The summed E-state index contributed by atoms with van der Waals surface area (Å²) in [5, 5.41) is 9.64. The van der Waals surface area contributed by atoms with Gasteiger partial charge in [0.1, 0.15) is 0 Å². The van der Waals surface area contributed by atoms with Crippen LogP contribution in [-0.4, -0.2) is 25.2 Å². The number of carbonyl (C=O) groups excluding carboxylic acids is 1. The lowest BCUT2D eigenvalue weighted by atomic mass is 9.93. The third-order valence-electron chi connectivity index (χ3n) is 4.53. The number of nitrogens with one attached hydrogen (secondary N) is 3. The van der Waals surface area contributed by atoms with Gasteiger partial charge < -0.3 is 25.4 Å². The van der Waals surface area contributed by atoms with Crippen LogP contribution in [0.5, 0.6) is 11.5 Å². The van der Waals surface area contributed by atoms with E-state index in [2.05, 4.69) is 16.0 Å². The molecule has 1 aliphatic rings. The number of allylic oxidation sites excluding steroid dienone is 1. The number of benzene rings is 2. The summed E-state index contributed by atoms with van der Waals surface area (Å²) >= 11 is 5.33. The molecule has 3 N–H and O–H groups in total. The molecule has 1 heterocycles. The number of carbonyl (C=O) groups is 1. The zero-order chi connectivity index (χ0) is 20.3. The minimum absolute atomic E-state index is 0.222. The molecule has 3 rings (SSSR count). The maximum absolute atomic E-state index is 13.2. The van der Waals surface area contributed by atoms with Crippen LogP contribution < -0.4 is 25.4 Å². The van der Waals surface area contributed by atoms with Crippen LogP contribution in [0, 0.1) is 6.92 Å². The highest BCUT2D eigenvalue weighted by Gasteiger charge is 2.32. The fourth-order valence-corrected chi connectivity index (χ4v) is 3.56. The number of thiocarbonyl (C=S) groups is 1. The van der Waals surface area contributed by atoms with Crippen LogP contribution in [0.15, 0.2) is 53.7 Å². The molecule has 146 valence electrons. The molecule has 0 bridgehead atoms. The quantitative estimate of drug-likeness (QED) is 0.672. The Bertz CT molecular complexity index is 956. The van der Waals surface area contributed by atoms with Gasteiger partial charge in [0.15, 0.2) is 16.6 Å². The van der Waals surface area contributed by atoms with Gasteiger partial charge >= 0.3 is 0 Å². The second kappa shape index (κ2) is 8.31. The first kappa shape index (κ1) is 19.7. The predicted molar refractivity (Wildman–Crippen MR) is 114 cm³/mol. The van der Waals surface area contributed by atoms with Gasteiger partial charge in [-0.25, -0.2) is 0 Å². The molecule has 0 fully saturated rings. The van der Waals surface area contributed by atoms with Crippen molar-refractivity contribution in [3.05, 3.63) is 64.9 Å². The molecule has 2 aromatic rings. The number of hydrogen-bond donors (Lipinski definition) is 3. The van der Waals surface area contributed by atoms with Crippen LogP contribution in [-0.2, 0) is 4.79 Å². The highest BCUT2D eigenvalue weighted by Crippen LogP contribution is 2.39. The van der Waals surface area contributed by atoms with E-state index in [9.17, 15) is 4.79 Å². The largest absolute Gasteiger partial charge is 0.493 e. The maximum atomic E-state index is 13.2. The Morgan fingerprint density at radius 3 is 2.54 bits per heavy atom. The molecule has 7 heteroatoms. The molecule has 6 nitrogen and oxygen atoms in total. The number of aryl methyl sites for hydroxylation is 1. The fourth-order valence-electron chi connectivity index (χ4n) is 3.29. The van der Waals surface area contributed by atoms with Crippen LogP contribution in [0.4, 0.5) is 5.69 Å². The highest BCUT2D eigenvalue weighted by molar-refractivity contribution is 7.80. The summed E-state index contributed by atoms with van der Waals surface area (Å²) in [4.78, 5) is 13.2. The van der Waals surface area contributed by atoms with Gasteiger partial charge in [0.05, 0.1) is 25.8 Å². The second-order valence-electron chi connectivity index (χ2n) is 6.48. The van der Waals surface area contributed by atoms with Gasteiger partial charge in [-0.2, -0.15) is 0 Å². The minimum Gasteiger partial charge on any atom is -0.493 e. The number of methoxy groups -OCH3 is 2. The first-order valence-corrected chi connectivity index (χ1v) is 9.22. The van der Waals surface area contributed by atoms with Gasteiger partial charge in [-0.1, -0.05) is 24.3 Å². The zero-order valence-corrected chi connectivity index (χ0v) is 17.1. The average molecular weight is 398 g/mol. The summed E-state index contributed by atoms with van der Waals surface area (Å²) in [5.41, 5.74) is 3.77. The molecule has 0 saturated carbocycles. The van der Waals surface area contributed by atoms with Gasteiger partial charge in [-0.3, -0.25) is 4.79 Å². The summed E-state index contributed by atoms with van der Waals surface area (Å²) in [6, 6.07) is 12.7. The van der Waals surface area contributed by atoms with E-state index in [0.29, 0.717) is 27.9 Å². The average Bonchev–Trinajstić information content (AvgIpc) is 2.66. The zero-order valence-electron chi connectivity index (χ0n) is 16.3. The van der Waals surface area contributed by atoms with Gasteiger partial charge in [-0.15, -0.1) is 0 Å².